The van der Waals surface area contributed by atoms with Gasteiger partial charge in [0.05, 0.1) is 13.2 Å². The molecule has 5 nitrogen and oxygen atoms in total. The molecule has 2 N–H and O–H groups in total. The zero-order chi connectivity index (χ0) is 20.8. The van der Waals surface area contributed by atoms with Crippen LogP contribution in [0.5, 0.6) is 0 Å². The van der Waals surface area contributed by atoms with Crippen molar-refractivity contribution in [1.82, 2.24) is 0 Å². The van der Waals surface area contributed by atoms with Crippen LogP contribution in [0.25, 0.3) is 11.1 Å². The molecule has 4 rings (SSSR count). The first-order valence-electron chi connectivity index (χ1n) is 10.4. The second-order valence-electron chi connectivity index (χ2n) is 7.41. The molecule has 1 unspecified atom stereocenters. The van der Waals surface area contributed by atoms with Gasteiger partial charge in [0.1, 0.15) is 6.04 Å². The SMILES string of the molecule is CC(Nc1ccc(N2CCOCC2)cc1)C(=O)Nc1ccccc1-c1ccccc1. The quantitative estimate of drug-likeness (QED) is 0.632. The van der Waals surface area contributed by atoms with Gasteiger partial charge in [0.25, 0.3) is 0 Å². The van der Waals surface area contributed by atoms with E-state index in [4.69, 9.17) is 4.74 Å². The van der Waals surface area contributed by atoms with Crippen molar-refractivity contribution < 1.29 is 9.53 Å². The van der Waals surface area contributed by atoms with Crippen LogP contribution in [0.2, 0.25) is 0 Å². The topological polar surface area (TPSA) is 53.6 Å². The Balaban J connectivity index is 1.40. The molecule has 0 spiro atoms. The van der Waals surface area contributed by atoms with Crippen molar-refractivity contribution in [1.29, 1.82) is 0 Å². The summed E-state index contributed by atoms with van der Waals surface area (Å²) in [5.74, 6) is -0.0735. The van der Waals surface area contributed by atoms with E-state index < -0.39 is 0 Å². The molecule has 5 heteroatoms. The lowest BCUT2D eigenvalue weighted by atomic mass is 10.0. The molecule has 0 saturated carbocycles. The summed E-state index contributed by atoms with van der Waals surface area (Å²) >= 11 is 0. The first kappa shape index (κ1) is 20.0. The van der Waals surface area contributed by atoms with E-state index >= 15 is 0 Å². The number of rotatable bonds is 6. The Morgan fingerprint density at radius 1 is 0.900 bits per heavy atom. The maximum Gasteiger partial charge on any atom is 0.246 e. The van der Waals surface area contributed by atoms with Crippen LogP contribution in [0.3, 0.4) is 0 Å². The molecule has 1 saturated heterocycles. The summed E-state index contributed by atoms with van der Waals surface area (Å²) in [5.41, 5.74) is 5.00. The van der Waals surface area contributed by atoms with Gasteiger partial charge in [-0.1, -0.05) is 48.5 Å². The zero-order valence-electron chi connectivity index (χ0n) is 17.2. The Bertz CT molecular complexity index is 967. The number of amides is 1. The van der Waals surface area contributed by atoms with Crippen molar-refractivity contribution in [2.24, 2.45) is 0 Å². The van der Waals surface area contributed by atoms with Gasteiger partial charge in [-0.05, 0) is 42.8 Å². The van der Waals surface area contributed by atoms with Gasteiger partial charge in [-0.25, -0.2) is 0 Å². The molecule has 0 radical (unpaired) electrons. The lowest BCUT2D eigenvalue weighted by Crippen LogP contribution is -2.36. The lowest BCUT2D eigenvalue weighted by molar-refractivity contribution is -0.116. The molecular formula is C25H27N3O2. The number of para-hydroxylation sites is 1. The molecule has 3 aromatic rings. The monoisotopic (exact) mass is 401 g/mol. The molecule has 3 aromatic carbocycles. The summed E-state index contributed by atoms with van der Waals surface area (Å²) in [4.78, 5) is 15.1. The Labute approximate surface area is 177 Å². The van der Waals surface area contributed by atoms with Gasteiger partial charge in [0.15, 0.2) is 0 Å². The molecule has 0 aromatic heterocycles. The Hall–Kier alpha value is -3.31. The molecular weight excluding hydrogens is 374 g/mol. The summed E-state index contributed by atoms with van der Waals surface area (Å²) in [5, 5.41) is 6.36. The highest BCUT2D eigenvalue weighted by Crippen LogP contribution is 2.28. The van der Waals surface area contributed by atoms with Crippen LogP contribution in [0, 0.1) is 0 Å². The number of morpholine rings is 1. The van der Waals surface area contributed by atoms with Gasteiger partial charge in [-0.3, -0.25) is 4.79 Å². The lowest BCUT2D eigenvalue weighted by Gasteiger charge is -2.29. The number of carbonyl (C=O) groups is 1. The summed E-state index contributed by atoms with van der Waals surface area (Å²) in [7, 11) is 0. The first-order valence-corrected chi connectivity index (χ1v) is 10.4. The number of anilines is 3. The summed E-state index contributed by atoms with van der Waals surface area (Å²) < 4.78 is 5.41. The molecule has 1 heterocycles. The normalized spacial score (nSPS) is 14.8. The first-order chi connectivity index (χ1) is 14.7. The van der Waals surface area contributed by atoms with Crippen LogP contribution in [-0.4, -0.2) is 38.3 Å². The Morgan fingerprint density at radius 2 is 1.57 bits per heavy atom. The second kappa shape index (κ2) is 9.46. The van der Waals surface area contributed by atoms with Crippen molar-refractivity contribution in [3.63, 3.8) is 0 Å². The van der Waals surface area contributed by atoms with Gasteiger partial charge in [0.2, 0.25) is 5.91 Å². The highest BCUT2D eigenvalue weighted by Gasteiger charge is 2.16. The Kier molecular flexibility index (Phi) is 6.30. The average Bonchev–Trinajstić information content (AvgIpc) is 2.81. The number of benzene rings is 3. The highest BCUT2D eigenvalue weighted by atomic mass is 16.5. The number of hydrogen-bond acceptors (Lipinski definition) is 4. The summed E-state index contributed by atoms with van der Waals surface area (Å²) in [6.45, 7) is 5.22. The molecule has 0 bridgehead atoms. The summed E-state index contributed by atoms with van der Waals surface area (Å²) in [6, 6.07) is 25.8. The molecule has 1 amide bonds. The predicted molar refractivity (Wildman–Crippen MR) is 123 cm³/mol. The van der Waals surface area contributed by atoms with Crippen LogP contribution in [0.15, 0.2) is 78.9 Å². The van der Waals surface area contributed by atoms with E-state index in [0.29, 0.717) is 0 Å². The van der Waals surface area contributed by atoms with E-state index in [9.17, 15) is 4.79 Å². The van der Waals surface area contributed by atoms with Crippen molar-refractivity contribution in [3.8, 4) is 11.1 Å². The molecule has 154 valence electrons. The van der Waals surface area contributed by atoms with Crippen molar-refractivity contribution in [2.75, 3.05) is 41.8 Å². The third-order valence-electron chi connectivity index (χ3n) is 5.29. The Morgan fingerprint density at radius 3 is 2.30 bits per heavy atom. The minimum Gasteiger partial charge on any atom is -0.378 e. The molecule has 30 heavy (non-hydrogen) atoms. The maximum absolute atomic E-state index is 12.8. The fourth-order valence-corrected chi connectivity index (χ4v) is 3.61. The van der Waals surface area contributed by atoms with E-state index in [1.165, 1.54) is 5.69 Å². The minimum absolute atomic E-state index is 0.0735. The summed E-state index contributed by atoms with van der Waals surface area (Å²) in [6.07, 6.45) is 0. The molecule has 1 aliphatic heterocycles. The van der Waals surface area contributed by atoms with E-state index in [0.717, 1.165) is 48.8 Å². The van der Waals surface area contributed by atoms with Crippen molar-refractivity contribution in [2.45, 2.75) is 13.0 Å². The number of nitrogens with zero attached hydrogens (tertiary/aromatic N) is 1. The maximum atomic E-state index is 12.8. The van der Waals surface area contributed by atoms with Crippen molar-refractivity contribution >= 4 is 23.0 Å². The third kappa shape index (κ3) is 4.81. The number of nitrogens with one attached hydrogen (secondary N) is 2. The van der Waals surface area contributed by atoms with Crippen LogP contribution in [-0.2, 0) is 9.53 Å². The van der Waals surface area contributed by atoms with Crippen LogP contribution < -0.4 is 15.5 Å². The van der Waals surface area contributed by atoms with Crippen LogP contribution >= 0.6 is 0 Å². The number of hydrogen-bond donors (Lipinski definition) is 2. The fraction of sp³-hybridized carbons (Fsp3) is 0.240. The van der Waals surface area contributed by atoms with Crippen LogP contribution in [0.1, 0.15) is 6.92 Å². The van der Waals surface area contributed by atoms with E-state index in [1.807, 2.05) is 73.7 Å². The van der Waals surface area contributed by atoms with Gasteiger partial charge in [0, 0.05) is 35.7 Å². The molecule has 0 aliphatic carbocycles. The number of ether oxygens (including phenoxy) is 1. The van der Waals surface area contributed by atoms with Gasteiger partial charge in [-0.15, -0.1) is 0 Å². The second-order valence-corrected chi connectivity index (χ2v) is 7.41. The number of carbonyl (C=O) groups excluding carboxylic acids is 1. The van der Waals surface area contributed by atoms with Gasteiger partial charge >= 0.3 is 0 Å². The van der Waals surface area contributed by atoms with Gasteiger partial charge in [-0.2, -0.15) is 0 Å². The predicted octanol–water partition coefficient (Wildman–Crippen LogP) is 4.63. The highest BCUT2D eigenvalue weighted by molar-refractivity contribution is 5.99. The molecule has 1 atom stereocenters. The van der Waals surface area contributed by atoms with Gasteiger partial charge < -0.3 is 20.3 Å². The van der Waals surface area contributed by atoms with Crippen LogP contribution in [0.4, 0.5) is 17.1 Å². The largest absolute Gasteiger partial charge is 0.378 e. The van der Waals surface area contributed by atoms with E-state index in [-0.39, 0.29) is 11.9 Å². The standard InChI is InChI=1S/C25H27N3O2/c1-19(26-21-11-13-22(14-12-21)28-15-17-30-18-16-28)25(29)27-24-10-6-5-9-23(24)20-7-3-2-4-8-20/h2-14,19,26H,15-18H2,1H3,(H,27,29). The van der Waals surface area contributed by atoms with Crippen molar-refractivity contribution in [3.05, 3.63) is 78.9 Å². The van der Waals surface area contributed by atoms with E-state index in [1.54, 1.807) is 0 Å². The minimum atomic E-state index is -0.372. The average molecular weight is 402 g/mol. The third-order valence-corrected chi connectivity index (χ3v) is 5.29. The van der Waals surface area contributed by atoms with E-state index in [2.05, 4.69) is 27.7 Å². The molecule has 1 fully saturated rings. The molecule has 1 aliphatic rings. The zero-order valence-corrected chi connectivity index (χ0v) is 17.2. The smallest absolute Gasteiger partial charge is 0.246 e. The fourth-order valence-electron chi connectivity index (χ4n) is 3.61.